The van der Waals surface area contributed by atoms with Crippen molar-refractivity contribution in [3.8, 4) is 0 Å². The zero-order chi connectivity index (χ0) is 17.5. The Morgan fingerprint density at radius 2 is 1.80 bits per heavy atom. The fraction of sp³-hybridized carbons (Fsp3) is 0.211. The van der Waals surface area contributed by atoms with Crippen LogP contribution in [-0.2, 0) is 11.3 Å². The average Bonchev–Trinajstić information content (AvgIpc) is 3.44. The summed E-state index contributed by atoms with van der Waals surface area (Å²) in [5, 5.41) is 8.31. The van der Waals surface area contributed by atoms with Crippen LogP contribution in [0.3, 0.4) is 0 Å². The van der Waals surface area contributed by atoms with Gasteiger partial charge in [-0.15, -0.1) is 0 Å². The second kappa shape index (κ2) is 8.10. The van der Waals surface area contributed by atoms with E-state index in [1.807, 2.05) is 18.2 Å². The van der Waals surface area contributed by atoms with E-state index in [1.54, 1.807) is 42.7 Å². The second-order valence-corrected chi connectivity index (χ2v) is 5.93. The predicted octanol–water partition coefficient (Wildman–Crippen LogP) is 3.31. The van der Waals surface area contributed by atoms with Gasteiger partial charge in [0.05, 0.1) is 0 Å². The first-order chi connectivity index (χ1) is 12.2. The van der Waals surface area contributed by atoms with Gasteiger partial charge in [0.15, 0.2) is 0 Å². The van der Waals surface area contributed by atoms with E-state index in [9.17, 15) is 9.59 Å². The van der Waals surface area contributed by atoms with Gasteiger partial charge in [0, 0.05) is 30.3 Å². The number of pyridine rings is 1. The summed E-state index contributed by atoms with van der Waals surface area (Å²) in [6.07, 6.45) is 9.19. The molecule has 0 atom stereocenters. The number of nitrogens with one attached hydrogen (secondary N) is 3. The number of urea groups is 1. The summed E-state index contributed by atoms with van der Waals surface area (Å²) in [6, 6.07) is 10.4. The van der Waals surface area contributed by atoms with E-state index in [4.69, 9.17) is 0 Å². The lowest BCUT2D eigenvalue weighted by molar-refractivity contribution is -0.111. The predicted molar refractivity (Wildman–Crippen MR) is 97.0 cm³/mol. The lowest BCUT2D eigenvalue weighted by atomic mass is 10.2. The van der Waals surface area contributed by atoms with Gasteiger partial charge in [0.1, 0.15) is 0 Å². The molecular weight excluding hydrogens is 316 g/mol. The number of allylic oxidation sites excluding steroid dienone is 1. The molecule has 6 nitrogen and oxygen atoms in total. The molecule has 128 valence electrons. The van der Waals surface area contributed by atoms with Crippen LogP contribution < -0.4 is 16.0 Å². The third-order valence-corrected chi connectivity index (χ3v) is 3.73. The highest BCUT2D eigenvalue weighted by Crippen LogP contribution is 2.29. The molecule has 0 saturated heterocycles. The van der Waals surface area contributed by atoms with Crippen molar-refractivity contribution < 1.29 is 9.59 Å². The van der Waals surface area contributed by atoms with Crippen LogP contribution in [0.25, 0.3) is 0 Å². The zero-order valence-corrected chi connectivity index (χ0v) is 13.7. The topological polar surface area (TPSA) is 83.1 Å². The van der Waals surface area contributed by atoms with Crippen molar-refractivity contribution in [2.24, 2.45) is 5.92 Å². The molecule has 25 heavy (non-hydrogen) atoms. The number of benzene rings is 1. The Morgan fingerprint density at radius 1 is 1.08 bits per heavy atom. The van der Waals surface area contributed by atoms with Crippen LogP contribution >= 0.6 is 0 Å². The Labute approximate surface area is 146 Å². The van der Waals surface area contributed by atoms with E-state index in [-0.39, 0.29) is 11.9 Å². The van der Waals surface area contributed by atoms with Gasteiger partial charge >= 0.3 is 6.03 Å². The van der Waals surface area contributed by atoms with Crippen LogP contribution in [0.15, 0.2) is 60.9 Å². The Kier molecular flexibility index (Phi) is 5.41. The molecule has 0 radical (unpaired) electrons. The van der Waals surface area contributed by atoms with Gasteiger partial charge in [-0.1, -0.05) is 12.1 Å². The quantitative estimate of drug-likeness (QED) is 0.708. The first-order valence-electron chi connectivity index (χ1n) is 8.22. The van der Waals surface area contributed by atoms with Crippen molar-refractivity contribution in [2.75, 3.05) is 10.6 Å². The summed E-state index contributed by atoms with van der Waals surface area (Å²) in [5.41, 5.74) is 2.21. The molecule has 2 aromatic rings. The number of amides is 3. The molecule has 6 heteroatoms. The SMILES string of the molecule is O=C(C=CC1CC1)Nc1cccc(NC(=O)NCc2ccncc2)c1. The van der Waals surface area contributed by atoms with Gasteiger partial charge in [-0.2, -0.15) is 0 Å². The molecule has 3 rings (SSSR count). The van der Waals surface area contributed by atoms with Crippen LogP contribution in [0.5, 0.6) is 0 Å². The third-order valence-electron chi connectivity index (χ3n) is 3.73. The number of hydrogen-bond donors (Lipinski definition) is 3. The monoisotopic (exact) mass is 336 g/mol. The molecule has 0 aliphatic heterocycles. The Hall–Kier alpha value is -3.15. The highest BCUT2D eigenvalue weighted by molar-refractivity contribution is 6.00. The first-order valence-corrected chi connectivity index (χ1v) is 8.22. The van der Waals surface area contributed by atoms with Gasteiger partial charge in [0.2, 0.25) is 5.91 Å². The minimum absolute atomic E-state index is 0.161. The Balaban J connectivity index is 1.50. The van der Waals surface area contributed by atoms with Crippen molar-refractivity contribution >= 4 is 23.3 Å². The highest BCUT2D eigenvalue weighted by atomic mass is 16.2. The highest BCUT2D eigenvalue weighted by Gasteiger charge is 2.17. The van der Waals surface area contributed by atoms with Gasteiger partial charge in [-0.3, -0.25) is 9.78 Å². The lowest BCUT2D eigenvalue weighted by Gasteiger charge is -2.09. The van der Waals surface area contributed by atoms with Crippen LogP contribution in [-0.4, -0.2) is 16.9 Å². The Bertz CT molecular complexity index is 770. The van der Waals surface area contributed by atoms with Crippen LogP contribution in [0.4, 0.5) is 16.2 Å². The van der Waals surface area contributed by atoms with Crippen LogP contribution in [0, 0.1) is 5.92 Å². The molecule has 0 spiro atoms. The molecular formula is C19H20N4O2. The van der Waals surface area contributed by atoms with Crippen molar-refractivity contribution in [2.45, 2.75) is 19.4 Å². The summed E-state index contributed by atoms with van der Waals surface area (Å²) in [7, 11) is 0. The fourth-order valence-electron chi connectivity index (χ4n) is 2.23. The average molecular weight is 336 g/mol. The maximum Gasteiger partial charge on any atom is 0.319 e. The van der Waals surface area contributed by atoms with Crippen molar-refractivity contribution in [3.63, 3.8) is 0 Å². The molecule has 1 saturated carbocycles. The molecule has 3 amide bonds. The Morgan fingerprint density at radius 3 is 2.52 bits per heavy atom. The van der Waals surface area contributed by atoms with Gasteiger partial charge in [-0.25, -0.2) is 4.79 Å². The molecule has 3 N–H and O–H groups in total. The van der Waals surface area contributed by atoms with E-state index >= 15 is 0 Å². The molecule has 1 aromatic heterocycles. The smallest absolute Gasteiger partial charge is 0.319 e. The van der Waals surface area contributed by atoms with Crippen molar-refractivity contribution in [3.05, 3.63) is 66.5 Å². The molecule has 1 heterocycles. The molecule has 1 aromatic carbocycles. The summed E-state index contributed by atoms with van der Waals surface area (Å²) in [6.45, 7) is 0.413. The largest absolute Gasteiger partial charge is 0.334 e. The van der Waals surface area contributed by atoms with E-state index in [2.05, 4.69) is 20.9 Å². The van der Waals surface area contributed by atoms with Crippen LogP contribution in [0.2, 0.25) is 0 Å². The summed E-state index contributed by atoms with van der Waals surface area (Å²) in [4.78, 5) is 27.7. The third kappa shape index (κ3) is 5.76. The van der Waals surface area contributed by atoms with Crippen molar-refractivity contribution in [1.82, 2.24) is 10.3 Å². The maximum atomic E-state index is 12.0. The summed E-state index contributed by atoms with van der Waals surface area (Å²) < 4.78 is 0. The summed E-state index contributed by atoms with van der Waals surface area (Å²) >= 11 is 0. The number of hydrogen-bond acceptors (Lipinski definition) is 3. The van der Waals surface area contributed by atoms with E-state index in [1.165, 1.54) is 0 Å². The van der Waals surface area contributed by atoms with Crippen LogP contribution in [0.1, 0.15) is 18.4 Å². The minimum Gasteiger partial charge on any atom is -0.334 e. The van der Waals surface area contributed by atoms with Crippen molar-refractivity contribution in [1.29, 1.82) is 0 Å². The maximum absolute atomic E-state index is 12.0. The zero-order valence-electron chi connectivity index (χ0n) is 13.7. The van der Waals surface area contributed by atoms with E-state index in [0.717, 1.165) is 18.4 Å². The second-order valence-electron chi connectivity index (χ2n) is 5.93. The number of rotatable bonds is 6. The standard InChI is InChI=1S/C19H20N4O2/c24-18(7-6-14-4-5-14)22-16-2-1-3-17(12-16)23-19(25)21-13-15-8-10-20-11-9-15/h1-3,6-12,14H,4-5,13H2,(H,22,24)(H2,21,23,25). The lowest BCUT2D eigenvalue weighted by Crippen LogP contribution is -2.28. The molecule has 1 fully saturated rings. The number of carbonyl (C=O) groups is 2. The van der Waals surface area contributed by atoms with E-state index < -0.39 is 0 Å². The van der Waals surface area contributed by atoms with Gasteiger partial charge < -0.3 is 16.0 Å². The van der Waals surface area contributed by atoms with E-state index in [0.29, 0.717) is 23.8 Å². The van der Waals surface area contributed by atoms with Gasteiger partial charge in [-0.05, 0) is 60.7 Å². The normalized spacial score (nSPS) is 13.4. The first kappa shape index (κ1) is 16.7. The minimum atomic E-state index is -0.311. The number of nitrogens with zero attached hydrogens (tertiary/aromatic N) is 1. The molecule has 0 bridgehead atoms. The number of carbonyl (C=O) groups excluding carboxylic acids is 2. The number of anilines is 2. The molecule has 0 unspecified atom stereocenters. The molecule has 1 aliphatic rings. The van der Waals surface area contributed by atoms with Gasteiger partial charge in [0.25, 0.3) is 0 Å². The fourth-order valence-corrected chi connectivity index (χ4v) is 2.23. The summed E-state index contributed by atoms with van der Waals surface area (Å²) in [5.74, 6) is 0.397. The molecule has 1 aliphatic carbocycles. The number of aromatic nitrogens is 1.